The molecule has 5 heteroatoms. The van der Waals surface area contributed by atoms with Gasteiger partial charge >= 0.3 is 0 Å². The third kappa shape index (κ3) is 5.70. The van der Waals surface area contributed by atoms with Crippen LogP contribution in [-0.4, -0.2) is 38.7 Å². The molecule has 1 aromatic rings. The van der Waals surface area contributed by atoms with Gasteiger partial charge in [-0.2, -0.15) is 0 Å². The molecule has 4 nitrogen and oxygen atoms in total. The molecule has 0 bridgehead atoms. The fourth-order valence-corrected chi connectivity index (χ4v) is 2.12. The van der Waals surface area contributed by atoms with Crippen LogP contribution in [0, 0.1) is 0 Å². The zero-order valence-corrected chi connectivity index (χ0v) is 10.7. The quantitative estimate of drug-likeness (QED) is 0.742. The van der Waals surface area contributed by atoms with Crippen molar-refractivity contribution in [2.24, 2.45) is 0 Å². The van der Waals surface area contributed by atoms with Crippen molar-refractivity contribution in [2.75, 3.05) is 25.2 Å². The highest BCUT2D eigenvalue weighted by molar-refractivity contribution is 7.90. The van der Waals surface area contributed by atoms with Crippen LogP contribution in [0.1, 0.15) is 12.0 Å². The minimum atomic E-state index is -2.92. The number of ether oxygens (including phenoxy) is 1. The van der Waals surface area contributed by atoms with E-state index in [1.54, 1.807) is 0 Å². The predicted molar refractivity (Wildman–Crippen MR) is 67.1 cm³/mol. The maximum Gasteiger partial charge on any atom is 0.147 e. The summed E-state index contributed by atoms with van der Waals surface area (Å²) in [5.74, 6) is 0.852. The summed E-state index contributed by atoms with van der Waals surface area (Å²) >= 11 is 0. The molecule has 0 saturated heterocycles. The van der Waals surface area contributed by atoms with Gasteiger partial charge in [-0.1, -0.05) is 18.2 Å². The first-order chi connectivity index (χ1) is 8.03. The first kappa shape index (κ1) is 14.0. The Labute approximate surface area is 102 Å². The molecule has 0 radical (unpaired) electrons. The van der Waals surface area contributed by atoms with E-state index in [0.29, 0.717) is 19.4 Å². The highest BCUT2D eigenvalue weighted by atomic mass is 32.2. The third-order valence-corrected chi connectivity index (χ3v) is 3.30. The van der Waals surface area contributed by atoms with Gasteiger partial charge in [0.2, 0.25) is 0 Å². The number of hydrogen-bond acceptors (Lipinski definition) is 4. The molecule has 0 unspecified atom stereocenters. The van der Waals surface area contributed by atoms with Gasteiger partial charge in [0.05, 0.1) is 12.4 Å². The highest BCUT2D eigenvalue weighted by Crippen LogP contribution is 2.18. The van der Waals surface area contributed by atoms with Crippen molar-refractivity contribution >= 4 is 9.84 Å². The van der Waals surface area contributed by atoms with Crippen LogP contribution in [-0.2, 0) is 16.3 Å². The standard InChI is InChI=1S/C12H18O4S/c1-17(14,15)10-4-9-16-12-6-3-2-5-11(12)7-8-13/h2-3,5-6,13H,4,7-10H2,1H3. The Balaban J connectivity index is 2.46. The van der Waals surface area contributed by atoms with Crippen molar-refractivity contribution < 1.29 is 18.3 Å². The molecule has 0 aliphatic heterocycles. The molecule has 0 heterocycles. The van der Waals surface area contributed by atoms with Gasteiger partial charge in [0, 0.05) is 12.9 Å². The molecule has 0 amide bonds. The Morgan fingerprint density at radius 3 is 2.65 bits per heavy atom. The van der Waals surface area contributed by atoms with Crippen molar-refractivity contribution in [3.05, 3.63) is 29.8 Å². The number of para-hydroxylation sites is 1. The Morgan fingerprint density at radius 1 is 1.29 bits per heavy atom. The van der Waals surface area contributed by atoms with E-state index in [4.69, 9.17) is 9.84 Å². The lowest BCUT2D eigenvalue weighted by Gasteiger charge is -2.10. The van der Waals surface area contributed by atoms with E-state index in [-0.39, 0.29) is 12.4 Å². The molecule has 17 heavy (non-hydrogen) atoms. The van der Waals surface area contributed by atoms with Gasteiger partial charge < -0.3 is 9.84 Å². The fraction of sp³-hybridized carbons (Fsp3) is 0.500. The van der Waals surface area contributed by atoms with E-state index >= 15 is 0 Å². The van der Waals surface area contributed by atoms with Crippen molar-refractivity contribution in [1.82, 2.24) is 0 Å². The monoisotopic (exact) mass is 258 g/mol. The number of aliphatic hydroxyl groups is 1. The molecule has 96 valence electrons. The lowest BCUT2D eigenvalue weighted by atomic mass is 10.1. The summed E-state index contributed by atoms with van der Waals surface area (Å²) in [4.78, 5) is 0. The number of hydrogen-bond donors (Lipinski definition) is 1. The second kappa shape index (κ2) is 6.61. The molecule has 0 aliphatic carbocycles. The van der Waals surface area contributed by atoms with E-state index in [9.17, 15) is 8.42 Å². The number of sulfone groups is 1. The summed E-state index contributed by atoms with van der Waals surface area (Å²) in [6.07, 6.45) is 2.24. The van der Waals surface area contributed by atoms with Crippen molar-refractivity contribution in [3.63, 3.8) is 0 Å². The molecule has 0 spiro atoms. The molecule has 0 atom stereocenters. The summed E-state index contributed by atoms with van der Waals surface area (Å²) in [5.41, 5.74) is 0.939. The molecule has 0 aliphatic rings. The summed E-state index contributed by atoms with van der Waals surface area (Å²) < 4.78 is 27.4. The van der Waals surface area contributed by atoms with Gasteiger partial charge in [-0.25, -0.2) is 8.42 Å². The number of benzene rings is 1. The highest BCUT2D eigenvalue weighted by Gasteiger charge is 2.04. The maximum atomic E-state index is 10.9. The zero-order valence-electron chi connectivity index (χ0n) is 9.93. The van der Waals surface area contributed by atoms with Gasteiger partial charge in [0.15, 0.2) is 0 Å². The van der Waals surface area contributed by atoms with E-state index in [1.807, 2.05) is 24.3 Å². The van der Waals surface area contributed by atoms with Crippen LogP contribution in [0.4, 0.5) is 0 Å². The minimum absolute atomic E-state index is 0.0731. The Hall–Kier alpha value is -1.07. The molecule has 1 aromatic carbocycles. The van der Waals surface area contributed by atoms with Gasteiger partial charge in [-0.05, 0) is 24.5 Å². The lowest BCUT2D eigenvalue weighted by Crippen LogP contribution is -2.08. The van der Waals surface area contributed by atoms with Crippen LogP contribution in [0.5, 0.6) is 5.75 Å². The third-order valence-electron chi connectivity index (χ3n) is 2.27. The second-order valence-corrected chi connectivity index (χ2v) is 6.17. The Kier molecular flexibility index (Phi) is 5.44. The fourth-order valence-electron chi connectivity index (χ4n) is 1.47. The SMILES string of the molecule is CS(=O)(=O)CCCOc1ccccc1CCO. The summed E-state index contributed by atoms with van der Waals surface area (Å²) in [5, 5.41) is 8.89. The molecular formula is C12H18O4S. The molecule has 0 fully saturated rings. The van der Waals surface area contributed by atoms with Crippen LogP contribution in [0.15, 0.2) is 24.3 Å². The molecular weight excluding hydrogens is 240 g/mol. The van der Waals surface area contributed by atoms with Crippen LogP contribution >= 0.6 is 0 Å². The molecule has 0 aromatic heterocycles. The first-order valence-corrected chi connectivity index (χ1v) is 7.58. The van der Waals surface area contributed by atoms with E-state index in [2.05, 4.69) is 0 Å². The van der Waals surface area contributed by atoms with E-state index in [0.717, 1.165) is 11.3 Å². The van der Waals surface area contributed by atoms with Crippen molar-refractivity contribution in [2.45, 2.75) is 12.8 Å². The average molecular weight is 258 g/mol. The summed E-state index contributed by atoms with van der Waals surface area (Å²) in [6.45, 7) is 0.444. The van der Waals surface area contributed by atoms with Crippen LogP contribution in [0.2, 0.25) is 0 Å². The zero-order chi connectivity index (χ0) is 12.7. The molecule has 1 N–H and O–H groups in total. The Morgan fingerprint density at radius 2 is 2.00 bits per heavy atom. The summed E-state index contributed by atoms with van der Waals surface area (Å²) in [6, 6.07) is 7.45. The van der Waals surface area contributed by atoms with Gasteiger partial charge in [0.25, 0.3) is 0 Å². The van der Waals surface area contributed by atoms with Crippen LogP contribution in [0.3, 0.4) is 0 Å². The smallest absolute Gasteiger partial charge is 0.147 e. The number of rotatable bonds is 7. The van der Waals surface area contributed by atoms with Crippen LogP contribution < -0.4 is 4.74 Å². The Bertz CT molecular complexity index is 440. The van der Waals surface area contributed by atoms with E-state index < -0.39 is 9.84 Å². The lowest BCUT2D eigenvalue weighted by molar-refractivity contribution is 0.288. The number of aliphatic hydroxyl groups excluding tert-OH is 1. The maximum absolute atomic E-state index is 10.9. The first-order valence-electron chi connectivity index (χ1n) is 5.52. The summed E-state index contributed by atoms with van der Waals surface area (Å²) in [7, 11) is -2.92. The second-order valence-electron chi connectivity index (χ2n) is 3.91. The average Bonchev–Trinajstić information content (AvgIpc) is 2.25. The largest absolute Gasteiger partial charge is 0.493 e. The van der Waals surface area contributed by atoms with Crippen molar-refractivity contribution in [3.8, 4) is 5.75 Å². The van der Waals surface area contributed by atoms with Gasteiger partial charge in [-0.15, -0.1) is 0 Å². The minimum Gasteiger partial charge on any atom is -0.493 e. The normalized spacial score (nSPS) is 11.4. The van der Waals surface area contributed by atoms with Gasteiger partial charge in [-0.3, -0.25) is 0 Å². The van der Waals surface area contributed by atoms with Crippen molar-refractivity contribution in [1.29, 1.82) is 0 Å². The van der Waals surface area contributed by atoms with Crippen LogP contribution in [0.25, 0.3) is 0 Å². The molecule has 1 rings (SSSR count). The topological polar surface area (TPSA) is 63.6 Å². The predicted octanol–water partition coefficient (Wildman–Crippen LogP) is 1.03. The molecule has 0 saturated carbocycles. The van der Waals surface area contributed by atoms with E-state index in [1.165, 1.54) is 6.26 Å². The van der Waals surface area contributed by atoms with Gasteiger partial charge in [0.1, 0.15) is 15.6 Å².